The standard InChI is InChI=1S/C18H20F4N4O2S/c1-2-13-10-17(24-11-23-13)26-7-5-14(6-8-26)25-15-4-3-12(19)9-16(15)29(27,28)18(20,21)22/h3-4,9-11,14,25H,2,5-8H2,1H3. The Morgan fingerprint density at radius 1 is 1.17 bits per heavy atom. The Morgan fingerprint density at radius 2 is 1.86 bits per heavy atom. The number of sulfone groups is 1. The highest BCUT2D eigenvalue weighted by molar-refractivity contribution is 7.92. The predicted octanol–water partition coefficient (Wildman–Crippen LogP) is 3.55. The smallest absolute Gasteiger partial charge is 0.381 e. The number of anilines is 2. The Kier molecular flexibility index (Phi) is 5.97. The maximum Gasteiger partial charge on any atom is 0.501 e. The Morgan fingerprint density at radius 3 is 2.48 bits per heavy atom. The lowest BCUT2D eigenvalue weighted by atomic mass is 10.0. The van der Waals surface area contributed by atoms with Crippen molar-refractivity contribution in [3.8, 4) is 0 Å². The molecule has 0 radical (unpaired) electrons. The van der Waals surface area contributed by atoms with E-state index in [1.54, 1.807) is 0 Å². The van der Waals surface area contributed by atoms with Crippen LogP contribution in [0.15, 0.2) is 35.5 Å². The highest BCUT2D eigenvalue weighted by atomic mass is 32.2. The van der Waals surface area contributed by atoms with Crippen LogP contribution in [-0.4, -0.2) is 43.0 Å². The number of rotatable bonds is 5. The van der Waals surface area contributed by atoms with Crippen LogP contribution in [0.1, 0.15) is 25.5 Å². The van der Waals surface area contributed by atoms with Gasteiger partial charge in [-0.1, -0.05) is 6.92 Å². The quantitative estimate of drug-likeness (QED) is 0.729. The summed E-state index contributed by atoms with van der Waals surface area (Å²) in [5, 5.41) is 2.84. The topological polar surface area (TPSA) is 75.2 Å². The number of halogens is 4. The van der Waals surface area contributed by atoms with Crippen molar-refractivity contribution < 1.29 is 26.0 Å². The Labute approximate surface area is 165 Å². The number of nitrogens with zero attached hydrogens (tertiary/aromatic N) is 3. The molecule has 0 amide bonds. The lowest BCUT2D eigenvalue weighted by Gasteiger charge is -2.34. The Bertz CT molecular complexity index is 974. The average molecular weight is 432 g/mol. The fourth-order valence-electron chi connectivity index (χ4n) is 3.19. The summed E-state index contributed by atoms with van der Waals surface area (Å²) in [6.07, 6.45) is 3.36. The second-order valence-electron chi connectivity index (χ2n) is 6.72. The molecule has 1 aromatic heterocycles. The molecule has 2 heterocycles. The monoisotopic (exact) mass is 432 g/mol. The van der Waals surface area contributed by atoms with E-state index in [1.165, 1.54) is 6.33 Å². The first-order valence-corrected chi connectivity index (χ1v) is 10.5. The summed E-state index contributed by atoms with van der Waals surface area (Å²) in [6.45, 7) is 3.15. The highest BCUT2D eigenvalue weighted by Gasteiger charge is 2.48. The molecule has 6 nitrogen and oxygen atoms in total. The number of nitrogens with one attached hydrogen (secondary N) is 1. The second-order valence-corrected chi connectivity index (χ2v) is 8.63. The average Bonchev–Trinajstić information content (AvgIpc) is 2.69. The molecule has 1 N–H and O–H groups in total. The first kappa shape index (κ1) is 21.3. The first-order valence-electron chi connectivity index (χ1n) is 9.05. The third kappa shape index (κ3) is 4.60. The molecule has 0 saturated carbocycles. The van der Waals surface area contributed by atoms with Gasteiger partial charge in [0.1, 0.15) is 22.9 Å². The maximum absolute atomic E-state index is 13.5. The van der Waals surface area contributed by atoms with Crippen LogP contribution < -0.4 is 10.2 Å². The summed E-state index contributed by atoms with van der Waals surface area (Å²) in [4.78, 5) is 9.34. The van der Waals surface area contributed by atoms with Crippen molar-refractivity contribution in [3.63, 3.8) is 0 Å². The van der Waals surface area contributed by atoms with E-state index >= 15 is 0 Å². The second kappa shape index (κ2) is 8.13. The van der Waals surface area contributed by atoms with Crippen molar-refractivity contribution in [2.24, 2.45) is 0 Å². The summed E-state index contributed by atoms with van der Waals surface area (Å²) in [7, 11) is -5.67. The number of alkyl halides is 3. The first-order chi connectivity index (χ1) is 13.6. The normalized spacial score (nSPS) is 16.1. The molecule has 158 valence electrons. The fraction of sp³-hybridized carbons (Fsp3) is 0.444. The van der Waals surface area contributed by atoms with E-state index < -0.39 is 26.1 Å². The van der Waals surface area contributed by atoms with Crippen LogP contribution in [0, 0.1) is 5.82 Å². The Hall–Kier alpha value is -2.43. The molecule has 1 aliphatic rings. The molecule has 2 aromatic rings. The lowest BCUT2D eigenvalue weighted by Crippen LogP contribution is -2.40. The van der Waals surface area contributed by atoms with Gasteiger partial charge in [-0.2, -0.15) is 13.2 Å². The van der Waals surface area contributed by atoms with Gasteiger partial charge in [0.15, 0.2) is 0 Å². The zero-order valence-corrected chi connectivity index (χ0v) is 16.4. The van der Waals surface area contributed by atoms with Gasteiger partial charge in [-0.05, 0) is 37.5 Å². The number of hydrogen-bond donors (Lipinski definition) is 1. The number of aromatic nitrogens is 2. The molecule has 1 aromatic carbocycles. The zero-order chi connectivity index (χ0) is 21.2. The minimum Gasteiger partial charge on any atom is -0.381 e. The van der Waals surface area contributed by atoms with Gasteiger partial charge in [-0.3, -0.25) is 0 Å². The van der Waals surface area contributed by atoms with Crippen LogP contribution >= 0.6 is 0 Å². The molecule has 1 aliphatic heterocycles. The molecule has 0 spiro atoms. The molecule has 29 heavy (non-hydrogen) atoms. The SMILES string of the molecule is CCc1cc(N2CCC(Nc3ccc(F)cc3S(=O)(=O)C(F)(F)F)CC2)ncn1. The van der Waals surface area contributed by atoms with E-state index in [1.807, 2.05) is 17.9 Å². The van der Waals surface area contributed by atoms with Gasteiger partial charge in [-0.25, -0.2) is 22.8 Å². The maximum atomic E-state index is 13.5. The molecule has 0 bridgehead atoms. The zero-order valence-electron chi connectivity index (χ0n) is 15.6. The fourth-order valence-corrected chi connectivity index (χ4v) is 4.12. The number of hydrogen-bond acceptors (Lipinski definition) is 6. The minimum absolute atomic E-state index is 0.252. The van der Waals surface area contributed by atoms with E-state index in [2.05, 4.69) is 15.3 Å². The van der Waals surface area contributed by atoms with Gasteiger partial charge in [0, 0.05) is 30.9 Å². The molecular formula is C18H20F4N4O2S. The summed E-state index contributed by atoms with van der Waals surface area (Å²) < 4.78 is 76.0. The van der Waals surface area contributed by atoms with Crippen molar-refractivity contribution >= 4 is 21.3 Å². The van der Waals surface area contributed by atoms with E-state index in [4.69, 9.17) is 0 Å². The van der Waals surface area contributed by atoms with Gasteiger partial charge in [0.05, 0.1) is 5.69 Å². The van der Waals surface area contributed by atoms with E-state index in [0.29, 0.717) is 32.0 Å². The molecule has 0 atom stereocenters. The summed E-state index contributed by atoms with van der Waals surface area (Å²) in [5.41, 5.74) is -4.86. The number of piperidine rings is 1. The van der Waals surface area contributed by atoms with Crippen LogP contribution in [0.4, 0.5) is 29.1 Å². The molecule has 11 heteroatoms. The molecule has 1 saturated heterocycles. The largest absolute Gasteiger partial charge is 0.501 e. The van der Waals surface area contributed by atoms with Crippen molar-refractivity contribution in [1.29, 1.82) is 0 Å². The Balaban J connectivity index is 1.74. The van der Waals surface area contributed by atoms with Crippen LogP contribution in [0.5, 0.6) is 0 Å². The van der Waals surface area contributed by atoms with Crippen LogP contribution in [0.3, 0.4) is 0 Å². The van der Waals surface area contributed by atoms with Crippen LogP contribution in [-0.2, 0) is 16.3 Å². The molecular weight excluding hydrogens is 412 g/mol. The van der Waals surface area contributed by atoms with Crippen LogP contribution in [0.25, 0.3) is 0 Å². The van der Waals surface area contributed by atoms with E-state index in [-0.39, 0.29) is 11.7 Å². The van der Waals surface area contributed by atoms with E-state index in [9.17, 15) is 26.0 Å². The third-order valence-corrected chi connectivity index (χ3v) is 6.31. The highest BCUT2D eigenvalue weighted by Crippen LogP contribution is 2.35. The summed E-state index contributed by atoms with van der Waals surface area (Å²) >= 11 is 0. The van der Waals surface area contributed by atoms with Crippen molar-refractivity contribution in [2.75, 3.05) is 23.3 Å². The molecule has 1 fully saturated rings. The molecule has 0 unspecified atom stereocenters. The van der Waals surface area contributed by atoms with Crippen molar-refractivity contribution in [2.45, 2.75) is 42.6 Å². The van der Waals surface area contributed by atoms with Gasteiger partial charge in [0.25, 0.3) is 9.84 Å². The van der Waals surface area contributed by atoms with Crippen LogP contribution in [0.2, 0.25) is 0 Å². The van der Waals surface area contributed by atoms with Crippen molar-refractivity contribution in [3.05, 3.63) is 42.1 Å². The molecule has 3 rings (SSSR count). The van der Waals surface area contributed by atoms with Gasteiger partial charge in [0.2, 0.25) is 0 Å². The molecule has 0 aliphatic carbocycles. The van der Waals surface area contributed by atoms with Gasteiger partial charge in [-0.15, -0.1) is 0 Å². The number of aryl methyl sites for hydroxylation is 1. The van der Waals surface area contributed by atoms with Gasteiger partial charge < -0.3 is 10.2 Å². The van der Waals surface area contributed by atoms with Gasteiger partial charge >= 0.3 is 5.51 Å². The van der Waals surface area contributed by atoms with Crippen molar-refractivity contribution in [1.82, 2.24) is 9.97 Å². The number of benzene rings is 1. The lowest BCUT2D eigenvalue weighted by molar-refractivity contribution is -0.0435. The third-order valence-electron chi connectivity index (χ3n) is 4.79. The van der Waals surface area contributed by atoms with E-state index in [0.717, 1.165) is 30.1 Å². The summed E-state index contributed by atoms with van der Waals surface area (Å²) in [6, 6.07) is 3.99. The minimum atomic E-state index is -5.67. The predicted molar refractivity (Wildman–Crippen MR) is 99.9 cm³/mol. The summed E-state index contributed by atoms with van der Waals surface area (Å²) in [5.74, 6) is -0.277.